The van der Waals surface area contributed by atoms with Crippen molar-refractivity contribution in [3.8, 4) is 0 Å². The Hall–Kier alpha value is -1.37. The van der Waals surface area contributed by atoms with Crippen LogP contribution in [0.15, 0.2) is 30.3 Å². The normalized spacial score (nSPS) is 14.9. The molecule has 0 atom stereocenters. The molecule has 0 aliphatic carbocycles. The van der Waals surface area contributed by atoms with Crippen LogP contribution in [0.3, 0.4) is 0 Å². The molecule has 1 aromatic carbocycles. The fourth-order valence-corrected chi connectivity index (χ4v) is 1.44. The van der Waals surface area contributed by atoms with E-state index in [1.165, 1.54) is 0 Å². The van der Waals surface area contributed by atoms with Crippen LogP contribution in [0.25, 0.3) is 0 Å². The molecule has 0 saturated carbocycles. The van der Waals surface area contributed by atoms with Crippen molar-refractivity contribution in [3.63, 3.8) is 0 Å². The van der Waals surface area contributed by atoms with Gasteiger partial charge in [-0.05, 0) is 12.1 Å². The van der Waals surface area contributed by atoms with Crippen LogP contribution < -0.4 is 11.1 Å². The third-order valence-corrected chi connectivity index (χ3v) is 2.43. The fraction of sp³-hybridized carbons (Fsp3) is 0.300. The van der Waals surface area contributed by atoms with Crippen molar-refractivity contribution in [2.75, 3.05) is 25.4 Å². The SMILES string of the molecule is Nc1ccccc1.O=S(=O)=C1CNCCO1. The molecule has 2 rings (SSSR count). The lowest BCUT2D eigenvalue weighted by Crippen LogP contribution is -2.35. The summed E-state index contributed by atoms with van der Waals surface area (Å²) in [7, 11) is -2.17. The molecule has 5 nitrogen and oxygen atoms in total. The summed E-state index contributed by atoms with van der Waals surface area (Å²) in [5.41, 5.74) is 6.18. The lowest BCUT2D eigenvalue weighted by Gasteiger charge is -2.11. The van der Waals surface area contributed by atoms with E-state index in [2.05, 4.69) is 5.32 Å². The van der Waals surface area contributed by atoms with Crippen LogP contribution in [0.4, 0.5) is 5.69 Å². The Morgan fingerprint density at radius 1 is 1.25 bits per heavy atom. The highest BCUT2D eigenvalue weighted by molar-refractivity contribution is 7.72. The first kappa shape index (κ1) is 12.7. The fourth-order valence-electron chi connectivity index (χ4n) is 1.04. The van der Waals surface area contributed by atoms with Gasteiger partial charge in [-0.2, -0.15) is 8.42 Å². The molecule has 16 heavy (non-hydrogen) atoms. The molecule has 88 valence electrons. The first-order chi connectivity index (χ1) is 7.70. The topological polar surface area (TPSA) is 81.4 Å². The van der Waals surface area contributed by atoms with Crippen LogP contribution in [0, 0.1) is 0 Å². The average Bonchev–Trinajstić information content (AvgIpc) is 2.32. The van der Waals surface area contributed by atoms with Crippen LogP contribution >= 0.6 is 0 Å². The van der Waals surface area contributed by atoms with Gasteiger partial charge in [-0.25, -0.2) is 0 Å². The number of nitrogen functional groups attached to an aromatic ring is 1. The van der Waals surface area contributed by atoms with Crippen LogP contribution in [0.2, 0.25) is 0 Å². The number of nitrogens with two attached hydrogens (primary N) is 1. The third-order valence-electron chi connectivity index (χ3n) is 1.80. The maximum Gasteiger partial charge on any atom is 0.242 e. The predicted octanol–water partition coefficient (Wildman–Crippen LogP) is -0.116. The molecule has 1 heterocycles. The molecule has 0 amide bonds. The van der Waals surface area contributed by atoms with Crippen LogP contribution in [-0.2, 0) is 15.0 Å². The Balaban J connectivity index is 0.000000165. The van der Waals surface area contributed by atoms with Gasteiger partial charge in [0.15, 0.2) is 5.05 Å². The van der Waals surface area contributed by atoms with Crippen LogP contribution in [0.5, 0.6) is 0 Å². The lowest BCUT2D eigenvalue weighted by atomic mass is 10.3. The first-order valence-corrected chi connectivity index (χ1v) is 5.87. The molecule has 0 bridgehead atoms. The largest absolute Gasteiger partial charge is 0.399 e. The van der Waals surface area contributed by atoms with Crippen molar-refractivity contribution in [2.24, 2.45) is 0 Å². The number of para-hydroxylation sites is 1. The number of anilines is 1. The third kappa shape index (κ3) is 4.92. The minimum atomic E-state index is -2.17. The van der Waals surface area contributed by atoms with Crippen molar-refractivity contribution in [3.05, 3.63) is 30.3 Å². The number of ether oxygens (including phenoxy) is 1. The number of benzene rings is 1. The summed E-state index contributed by atoms with van der Waals surface area (Å²) in [4.78, 5) is 0. The molecule has 3 N–H and O–H groups in total. The summed E-state index contributed by atoms with van der Waals surface area (Å²) < 4.78 is 25.1. The van der Waals surface area contributed by atoms with Gasteiger partial charge >= 0.3 is 0 Å². The summed E-state index contributed by atoms with van der Waals surface area (Å²) in [6.07, 6.45) is 0. The number of nitrogens with one attached hydrogen (secondary N) is 1. The monoisotopic (exact) mass is 242 g/mol. The highest BCUT2D eigenvalue weighted by atomic mass is 32.2. The Kier molecular flexibility index (Phi) is 5.55. The molecule has 0 unspecified atom stereocenters. The number of hydrogen-bond acceptors (Lipinski definition) is 5. The molecule has 1 aliphatic rings. The average molecular weight is 242 g/mol. The van der Waals surface area contributed by atoms with Gasteiger partial charge in [-0.3, -0.25) is 0 Å². The Labute approximate surface area is 95.8 Å². The minimum absolute atomic E-state index is 0.112. The number of hydrogen-bond donors (Lipinski definition) is 2. The van der Waals surface area contributed by atoms with Gasteiger partial charge in [0, 0.05) is 12.2 Å². The second-order valence-electron chi connectivity index (χ2n) is 3.04. The number of morpholine rings is 1. The second-order valence-corrected chi connectivity index (χ2v) is 3.97. The van der Waals surface area contributed by atoms with Crippen LogP contribution in [-0.4, -0.2) is 33.2 Å². The van der Waals surface area contributed by atoms with Gasteiger partial charge in [-0.1, -0.05) is 18.2 Å². The van der Waals surface area contributed by atoms with Crippen LogP contribution in [0.1, 0.15) is 0 Å². The first-order valence-electron chi connectivity index (χ1n) is 4.79. The van der Waals surface area contributed by atoms with Gasteiger partial charge in [-0.15, -0.1) is 0 Å². The van der Waals surface area contributed by atoms with E-state index in [4.69, 9.17) is 10.5 Å². The maximum atomic E-state index is 10.2. The molecular weight excluding hydrogens is 228 g/mol. The highest BCUT2D eigenvalue weighted by Crippen LogP contribution is 1.95. The van der Waals surface area contributed by atoms with E-state index in [0.717, 1.165) is 12.2 Å². The Bertz CT molecular complexity index is 426. The molecule has 6 heteroatoms. The summed E-state index contributed by atoms with van der Waals surface area (Å²) in [5, 5.41) is 2.97. The van der Waals surface area contributed by atoms with Gasteiger partial charge in [0.1, 0.15) is 0 Å². The van der Waals surface area contributed by atoms with Gasteiger partial charge < -0.3 is 15.8 Å². The molecule has 0 spiro atoms. The van der Waals surface area contributed by atoms with Gasteiger partial charge in [0.05, 0.1) is 13.2 Å². The molecule has 0 aromatic heterocycles. The van der Waals surface area contributed by atoms with E-state index in [1.807, 2.05) is 30.3 Å². The smallest absolute Gasteiger partial charge is 0.242 e. The quantitative estimate of drug-likeness (QED) is 0.490. The Morgan fingerprint density at radius 2 is 1.94 bits per heavy atom. The molecular formula is C10H14N2O3S. The van der Waals surface area contributed by atoms with E-state index in [1.54, 1.807) is 0 Å². The standard InChI is InChI=1S/C6H7N.C4H7NO3S/c7-6-4-2-1-3-5-6;6-9(7)4-3-5-1-2-8-4/h1-5H,7H2;5H,1-3H2. The maximum absolute atomic E-state index is 10.2. The summed E-state index contributed by atoms with van der Waals surface area (Å²) in [6.45, 7) is 1.50. The van der Waals surface area contributed by atoms with Crippen molar-refractivity contribution in [1.82, 2.24) is 5.32 Å². The molecule has 1 aromatic rings. The molecule has 1 aliphatic heterocycles. The van der Waals surface area contributed by atoms with E-state index in [0.29, 0.717) is 13.2 Å². The zero-order chi connectivity index (χ0) is 11.8. The second kappa shape index (κ2) is 7.00. The van der Waals surface area contributed by atoms with E-state index >= 15 is 0 Å². The number of rotatable bonds is 0. The molecule has 1 fully saturated rings. The summed E-state index contributed by atoms with van der Waals surface area (Å²) in [6, 6.07) is 9.49. The zero-order valence-electron chi connectivity index (χ0n) is 8.72. The van der Waals surface area contributed by atoms with Gasteiger partial charge in [0.25, 0.3) is 0 Å². The van der Waals surface area contributed by atoms with Crippen molar-refractivity contribution in [1.29, 1.82) is 0 Å². The summed E-state index contributed by atoms with van der Waals surface area (Å²) >= 11 is 0. The van der Waals surface area contributed by atoms with Crippen molar-refractivity contribution >= 4 is 21.0 Å². The zero-order valence-corrected chi connectivity index (χ0v) is 9.53. The van der Waals surface area contributed by atoms with E-state index < -0.39 is 10.3 Å². The Morgan fingerprint density at radius 3 is 2.25 bits per heavy atom. The predicted molar refractivity (Wildman–Crippen MR) is 63.6 cm³/mol. The van der Waals surface area contributed by atoms with E-state index in [9.17, 15) is 8.42 Å². The van der Waals surface area contributed by atoms with Crippen molar-refractivity contribution < 1.29 is 13.2 Å². The lowest BCUT2D eigenvalue weighted by molar-refractivity contribution is 0.279. The van der Waals surface area contributed by atoms with E-state index in [-0.39, 0.29) is 5.05 Å². The van der Waals surface area contributed by atoms with Gasteiger partial charge in [0.2, 0.25) is 10.3 Å². The molecule has 1 saturated heterocycles. The highest BCUT2D eigenvalue weighted by Gasteiger charge is 2.06. The van der Waals surface area contributed by atoms with Crippen molar-refractivity contribution in [2.45, 2.75) is 0 Å². The molecule has 0 radical (unpaired) electrons. The minimum Gasteiger partial charge on any atom is -0.399 e. The summed E-state index contributed by atoms with van der Waals surface area (Å²) in [5.74, 6) is 0.